The average molecular weight is 220 g/mol. The highest BCUT2D eigenvalue weighted by Gasteiger charge is 2.32. The molecular formula is C13H20N2O. The molecule has 3 heteroatoms. The number of nitrogens with zero attached hydrogens (tertiary/aromatic N) is 1. The monoisotopic (exact) mass is 220 g/mol. The lowest BCUT2D eigenvalue weighted by Gasteiger charge is -2.11. The molecule has 0 aromatic heterocycles. The van der Waals surface area contributed by atoms with Gasteiger partial charge in [-0.25, -0.2) is 0 Å². The van der Waals surface area contributed by atoms with Crippen LogP contribution in [-0.2, 0) is 0 Å². The van der Waals surface area contributed by atoms with Crippen molar-refractivity contribution in [3.05, 3.63) is 24.3 Å². The van der Waals surface area contributed by atoms with Gasteiger partial charge >= 0.3 is 0 Å². The van der Waals surface area contributed by atoms with Gasteiger partial charge in [0.1, 0.15) is 5.75 Å². The number of hydrogen-bond donors (Lipinski definition) is 1. The Morgan fingerprint density at radius 3 is 2.62 bits per heavy atom. The molecule has 1 aliphatic heterocycles. The molecule has 0 saturated carbocycles. The van der Waals surface area contributed by atoms with E-state index in [-0.39, 0.29) is 6.10 Å². The maximum absolute atomic E-state index is 5.61. The fourth-order valence-corrected chi connectivity index (χ4v) is 1.89. The van der Waals surface area contributed by atoms with Crippen LogP contribution in [0.25, 0.3) is 0 Å². The van der Waals surface area contributed by atoms with E-state index in [0.29, 0.717) is 6.04 Å². The van der Waals surface area contributed by atoms with Crippen LogP contribution in [0.4, 0.5) is 5.69 Å². The standard InChI is InChI=1S/C13H20N2O/c1-10(2)16-13-6-4-11(5-7-13)15-9-12(15)8-14-3/h4-7,10,12,14H,8-9H2,1-3H3. The molecule has 1 atom stereocenters. The van der Waals surface area contributed by atoms with Crippen molar-refractivity contribution in [3.8, 4) is 5.75 Å². The number of ether oxygens (including phenoxy) is 1. The summed E-state index contributed by atoms with van der Waals surface area (Å²) in [5.74, 6) is 0.950. The van der Waals surface area contributed by atoms with Crippen molar-refractivity contribution < 1.29 is 4.74 Å². The normalized spacial score (nSPS) is 19.0. The second-order valence-electron chi connectivity index (χ2n) is 4.52. The van der Waals surface area contributed by atoms with Crippen LogP contribution in [0.15, 0.2) is 24.3 Å². The first-order valence-corrected chi connectivity index (χ1v) is 5.88. The molecule has 0 aliphatic carbocycles. The Labute approximate surface area is 97.4 Å². The third-order valence-corrected chi connectivity index (χ3v) is 2.69. The van der Waals surface area contributed by atoms with Gasteiger partial charge in [0.05, 0.1) is 12.1 Å². The molecule has 3 nitrogen and oxygen atoms in total. The minimum absolute atomic E-state index is 0.240. The molecular weight excluding hydrogens is 200 g/mol. The average Bonchev–Trinajstić information content (AvgIpc) is 2.98. The zero-order chi connectivity index (χ0) is 11.5. The van der Waals surface area contributed by atoms with Gasteiger partial charge in [-0.1, -0.05) is 0 Å². The first-order chi connectivity index (χ1) is 7.70. The van der Waals surface area contributed by atoms with E-state index < -0.39 is 0 Å². The highest BCUT2D eigenvalue weighted by atomic mass is 16.5. The van der Waals surface area contributed by atoms with Crippen molar-refractivity contribution in [2.45, 2.75) is 26.0 Å². The van der Waals surface area contributed by atoms with Gasteiger partial charge in [0.2, 0.25) is 0 Å². The fourth-order valence-electron chi connectivity index (χ4n) is 1.89. The van der Waals surface area contributed by atoms with Crippen LogP contribution >= 0.6 is 0 Å². The van der Waals surface area contributed by atoms with Crippen molar-refractivity contribution in [1.82, 2.24) is 5.32 Å². The summed E-state index contributed by atoms with van der Waals surface area (Å²) in [6.45, 7) is 6.30. The minimum Gasteiger partial charge on any atom is -0.491 e. The van der Waals surface area contributed by atoms with Crippen LogP contribution in [0.2, 0.25) is 0 Å². The molecule has 1 aromatic carbocycles. The van der Waals surface area contributed by atoms with Gasteiger partial charge in [-0.2, -0.15) is 0 Å². The molecule has 1 unspecified atom stereocenters. The molecule has 1 aliphatic rings. The molecule has 1 N–H and O–H groups in total. The Bertz CT molecular complexity index is 334. The van der Waals surface area contributed by atoms with Gasteiger partial charge in [0.25, 0.3) is 0 Å². The predicted octanol–water partition coefficient (Wildman–Crippen LogP) is 1.88. The summed E-state index contributed by atoms with van der Waals surface area (Å²) >= 11 is 0. The second-order valence-corrected chi connectivity index (χ2v) is 4.52. The van der Waals surface area contributed by atoms with Crippen molar-refractivity contribution >= 4 is 5.69 Å². The smallest absolute Gasteiger partial charge is 0.119 e. The van der Waals surface area contributed by atoms with Gasteiger partial charge in [-0.3, -0.25) is 0 Å². The Morgan fingerprint density at radius 2 is 2.06 bits per heavy atom. The zero-order valence-corrected chi connectivity index (χ0v) is 10.2. The molecule has 0 bridgehead atoms. The largest absolute Gasteiger partial charge is 0.491 e. The summed E-state index contributed by atoms with van der Waals surface area (Å²) in [6.07, 6.45) is 0.240. The van der Waals surface area contributed by atoms with E-state index in [9.17, 15) is 0 Å². The third kappa shape index (κ3) is 2.67. The van der Waals surface area contributed by atoms with Gasteiger partial charge in [0.15, 0.2) is 0 Å². The van der Waals surface area contributed by atoms with Crippen molar-refractivity contribution in [3.63, 3.8) is 0 Å². The van der Waals surface area contributed by atoms with E-state index >= 15 is 0 Å². The maximum Gasteiger partial charge on any atom is 0.119 e. The molecule has 1 saturated heterocycles. The number of benzene rings is 1. The Kier molecular flexibility index (Phi) is 3.34. The SMILES string of the molecule is CNCC1CN1c1ccc(OC(C)C)cc1. The maximum atomic E-state index is 5.61. The number of hydrogen-bond acceptors (Lipinski definition) is 3. The summed E-state index contributed by atoms with van der Waals surface area (Å²) in [4.78, 5) is 2.38. The number of rotatable bonds is 5. The van der Waals surface area contributed by atoms with E-state index in [4.69, 9.17) is 4.74 Å². The Hall–Kier alpha value is -1.22. The lowest BCUT2D eigenvalue weighted by Crippen LogP contribution is -2.17. The van der Waals surface area contributed by atoms with Crippen LogP contribution in [0.5, 0.6) is 5.75 Å². The number of anilines is 1. The second kappa shape index (κ2) is 4.74. The Morgan fingerprint density at radius 1 is 1.38 bits per heavy atom. The first kappa shape index (κ1) is 11.3. The molecule has 0 amide bonds. The van der Waals surface area contributed by atoms with Crippen molar-refractivity contribution in [2.75, 3.05) is 25.0 Å². The lowest BCUT2D eigenvalue weighted by atomic mass is 10.3. The van der Waals surface area contributed by atoms with Crippen LogP contribution in [-0.4, -0.2) is 32.3 Å². The molecule has 1 heterocycles. The molecule has 0 radical (unpaired) electrons. The quantitative estimate of drug-likeness (QED) is 0.767. The Balaban J connectivity index is 1.93. The zero-order valence-electron chi connectivity index (χ0n) is 10.2. The molecule has 2 rings (SSSR count). The van der Waals surface area contributed by atoms with Gasteiger partial charge < -0.3 is 15.0 Å². The van der Waals surface area contributed by atoms with Crippen molar-refractivity contribution in [2.24, 2.45) is 0 Å². The molecule has 1 fully saturated rings. The topological polar surface area (TPSA) is 24.3 Å². The van der Waals surface area contributed by atoms with Gasteiger partial charge in [-0.15, -0.1) is 0 Å². The van der Waals surface area contributed by atoms with E-state index in [1.807, 2.05) is 33.0 Å². The van der Waals surface area contributed by atoms with Gasteiger partial charge in [-0.05, 0) is 45.2 Å². The van der Waals surface area contributed by atoms with Crippen LogP contribution in [0.3, 0.4) is 0 Å². The predicted molar refractivity (Wildman–Crippen MR) is 67.3 cm³/mol. The van der Waals surface area contributed by atoms with Crippen molar-refractivity contribution in [1.29, 1.82) is 0 Å². The summed E-state index contributed by atoms with van der Waals surface area (Å²) < 4.78 is 5.61. The summed E-state index contributed by atoms with van der Waals surface area (Å²) in [5, 5.41) is 3.20. The minimum atomic E-state index is 0.240. The van der Waals surface area contributed by atoms with Crippen LogP contribution in [0, 0.1) is 0 Å². The van der Waals surface area contributed by atoms with E-state index in [1.165, 1.54) is 5.69 Å². The highest BCUT2D eigenvalue weighted by molar-refractivity contribution is 5.55. The van der Waals surface area contributed by atoms with E-state index in [1.54, 1.807) is 0 Å². The summed E-state index contributed by atoms with van der Waals surface area (Å²) in [5.41, 5.74) is 1.29. The summed E-state index contributed by atoms with van der Waals surface area (Å²) in [7, 11) is 2.00. The van der Waals surface area contributed by atoms with Gasteiger partial charge in [0, 0.05) is 18.8 Å². The molecule has 1 aromatic rings. The lowest BCUT2D eigenvalue weighted by molar-refractivity contribution is 0.242. The summed E-state index contributed by atoms with van der Waals surface area (Å²) in [6, 6.07) is 9.02. The van der Waals surface area contributed by atoms with E-state index in [2.05, 4.69) is 22.3 Å². The number of likely N-dealkylation sites (N-methyl/N-ethyl adjacent to an activating group) is 1. The highest BCUT2D eigenvalue weighted by Crippen LogP contribution is 2.29. The van der Waals surface area contributed by atoms with E-state index in [0.717, 1.165) is 18.8 Å². The molecule has 0 spiro atoms. The molecule has 88 valence electrons. The molecule has 16 heavy (non-hydrogen) atoms. The van der Waals surface area contributed by atoms with Crippen LogP contribution in [0.1, 0.15) is 13.8 Å². The van der Waals surface area contributed by atoms with Crippen LogP contribution < -0.4 is 15.0 Å². The fraction of sp³-hybridized carbons (Fsp3) is 0.538. The number of nitrogens with one attached hydrogen (secondary N) is 1. The third-order valence-electron chi connectivity index (χ3n) is 2.69. The first-order valence-electron chi connectivity index (χ1n) is 5.88.